The number of amides is 1. The molecule has 21 heavy (non-hydrogen) atoms. The first-order valence-electron chi connectivity index (χ1n) is 7.14. The maximum absolute atomic E-state index is 11.0. The average Bonchev–Trinajstić information content (AvgIpc) is 2.42. The van der Waals surface area contributed by atoms with E-state index in [1.54, 1.807) is 6.07 Å². The highest BCUT2D eigenvalue weighted by molar-refractivity contribution is 6.37. The topological polar surface area (TPSA) is 71.2 Å². The van der Waals surface area contributed by atoms with Crippen LogP contribution < -0.4 is 16.0 Å². The normalized spacial score (nSPS) is 16.0. The summed E-state index contributed by atoms with van der Waals surface area (Å²) in [6.07, 6.45) is 2.29. The quantitative estimate of drug-likeness (QED) is 0.870. The molecule has 116 valence electrons. The van der Waals surface area contributed by atoms with Crippen molar-refractivity contribution >= 4 is 40.7 Å². The number of nitrogens with one attached hydrogen (secondary N) is 1. The molecule has 0 aliphatic carbocycles. The van der Waals surface area contributed by atoms with Gasteiger partial charge in [-0.2, -0.15) is 0 Å². The van der Waals surface area contributed by atoms with E-state index in [1.807, 2.05) is 6.92 Å². The number of primary amides is 1. The Hall–Kier alpha value is -1.20. The second-order valence-corrected chi connectivity index (χ2v) is 6.07. The molecule has 0 spiro atoms. The van der Waals surface area contributed by atoms with Crippen LogP contribution in [0.1, 0.15) is 26.2 Å². The van der Waals surface area contributed by atoms with Crippen LogP contribution in [0, 0.1) is 5.92 Å². The fourth-order valence-corrected chi connectivity index (χ4v) is 3.15. The van der Waals surface area contributed by atoms with Crippen LogP contribution in [-0.4, -0.2) is 30.5 Å². The van der Waals surface area contributed by atoms with Gasteiger partial charge in [-0.1, -0.05) is 23.2 Å². The van der Waals surface area contributed by atoms with E-state index in [0.717, 1.165) is 38.3 Å². The lowest BCUT2D eigenvalue weighted by Crippen LogP contribution is -2.35. The number of halogens is 2. The maximum Gasteiger partial charge on any atom is 0.217 e. The van der Waals surface area contributed by atoms with Gasteiger partial charge in [-0.3, -0.25) is 4.79 Å². The van der Waals surface area contributed by atoms with Crippen LogP contribution in [-0.2, 0) is 4.79 Å². The average molecular weight is 331 g/mol. The molecule has 1 saturated heterocycles. The van der Waals surface area contributed by atoms with Crippen molar-refractivity contribution in [2.45, 2.75) is 26.2 Å². The third-order valence-electron chi connectivity index (χ3n) is 3.66. The number of piperidine rings is 1. The Bertz CT molecular complexity index is 516. The van der Waals surface area contributed by atoms with Gasteiger partial charge in [-0.25, -0.2) is 4.98 Å². The predicted molar refractivity (Wildman–Crippen MR) is 87.2 cm³/mol. The number of nitrogens with two attached hydrogens (primary N) is 1. The van der Waals surface area contributed by atoms with Crippen molar-refractivity contribution in [3.63, 3.8) is 0 Å². The van der Waals surface area contributed by atoms with Crippen LogP contribution >= 0.6 is 23.2 Å². The molecule has 0 aromatic carbocycles. The van der Waals surface area contributed by atoms with E-state index < -0.39 is 0 Å². The second kappa shape index (κ2) is 7.18. The number of hydrogen-bond acceptors (Lipinski definition) is 4. The molecule has 1 amide bonds. The van der Waals surface area contributed by atoms with Gasteiger partial charge < -0.3 is 16.0 Å². The highest BCUT2D eigenvalue weighted by Gasteiger charge is 2.23. The van der Waals surface area contributed by atoms with Crippen LogP contribution in [0.25, 0.3) is 0 Å². The number of rotatable bonds is 5. The lowest BCUT2D eigenvalue weighted by Gasteiger charge is -2.33. The van der Waals surface area contributed by atoms with Crippen molar-refractivity contribution in [1.29, 1.82) is 0 Å². The highest BCUT2D eigenvalue weighted by Crippen LogP contribution is 2.33. The minimum absolute atomic E-state index is 0.231. The van der Waals surface area contributed by atoms with Gasteiger partial charge in [0.2, 0.25) is 5.91 Å². The molecule has 1 aromatic heterocycles. The summed E-state index contributed by atoms with van der Waals surface area (Å²) < 4.78 is 0. The Morgan fingerprint density at radius 2 is 2.10 bits per heavy atom. The summed E-state index contributed by atoms with van der Waals surface area (Å²) in [6.45, 7) is 4.37. The molecule has 0 saturated carbocycles. The molecule has 2 rings (SSSR count). The summed E-state index contributed by atoms with van der Waals surface area (Å²) in [6, 6.07) is 1.72. The predicted octanol–water partition coefficient (Wildman–Crippen LogP) is 2.91. The number of nitrogens with zero attached hydrogens (tertiary/aromatic N) is 2. The van der Waals surface area contributed by atoms with E-state index in [0.29, 0.717) is 28.2 Å². The lowest BCUT2D eigenvalue weighted by atomic mass is 9.93. The molecule has 0 atom stereocenters. The number of anilines is 2. The van der Waals surface area contributed by atoms with E-state index in [4.69, 9.17) is 28.9 Å². The van der Waals surface area contributed by atoms with Crippen molar-refractivity contribution < 1.29 is 4.79 Å². The Morgan fingerprint density at radius 1 is 1.43 bits per heavy atom. The summed E-state index contributed by atoms with van der Waals surface area (Å²) in [5.41, 5.74) is 5.25. The van der Waals surface area contributed by atoms with Crippen molar-refractivity contribution in [3.8, 4) is 0 Å². The van der Waals surface area contributed by atoms with Gasteiger partial charge in [0.25, 0.3) is 0 Å². The largest absolute Gasteiger partial charge is 0.370 e. The number of pyridine rings is 1. The molecule has 2 heterocycles. The van der Waals surface area contributed by atoms with Gasteiger partial charge in [0.15, 0.2) is 0 Å². The minimum Gasteiger partial charge on any atom is -0.370 e. The summed E-state index contributed by atoms with van der Waals surface area (Å²) in [5, 5.41) is 4.20. The number of hydrogen-bond donors (Lipinski definition) is 2. The van der Waals surface area contributed by atoms with E-state index in [2.05, 4.69) is 15.2 Å². The second-order valence-electron chi connectivity index (χ2n) is 5.26. The van der Waals surface area contributed by atoms with Gasteiger partial charge in [0.1, 0.15) is 11.6 Å². The number of carbonyl (C=O) groups is 1. The maximum atomic E-state index is 11.0. The fraction of sp³-hybridized carbons (Fsp3) is 0.571. The van der Waals surface area contributed by atoms with Crippen LogP contribution in [0.15, 0.2) is 6.07 Å². The van der Waals surface area contributed by atoms with Crippen molar-refractivity contribution in [3.05, 3.63) is 16.1 Å². The molecular formula is C14H20Cl2N4O. The van der Waals surface area contributed by atoms with Crippen LogP contribution in [0.2, 0.25) is 10.0 Å². The Balaban J connectivity index is 2.09. The first-order chi connectivity index (χ1) is 10.0. The SMILES string of the molecule is CCNc1nc(N2CCC(CC(N)=O)CC2)c(Cl)cc1Cl. The smallest absolute Gasteiger partial charge is 0.217 e. The van der Waals surface area contributed by atoms with E-state index >= 15 is 0 Å². The van der Waals surface area contributed by atoms with Crippen molar-refractivity contribution in [1.82, 2.24) is 4.98 Å². The van der Waals surface area contributed by atoms with E-state index in [1.165, 1.54) is 0 Å². The molecule has 0 unspecified atom stereocenters. The van der Waals surface area contributed by atoms with E-state index in [-0.39, 0.29) is 5.91 Å². The zero-order chi connectivity index (χ0) is 15.4. The third kappa shape index (κ3) is 4.14. The Morgan fingerprint density at radius 3 is 2.67 bits per heavy atom. The molecule has 1 aromatic rings. The zero-order valence-electron chi connectivity index (χ0n) is 12.0. The van der Waals surface area contributed by atoms with Gasteiger partial charge in [0, 0.05) is 26.1 Å². The van der Waals surface area contributed by atoms with Gasteiger partial charge in [-0.15, -0.1) is 0 Å². The Labute approximate surface area is 134 Å². The number of carbonyl (C=O) groups excluding carboxylic acids is 1. The fourth-order valence-electron chi connectivity index (χ4n) is 2.60. The highest BCUT2D eigenvalue weighted by atomic mass is 35.5. The first kappa shape index (κ1) is 16.2. The summed E-state index contributed by atoms with van der Waals surface area (Å²) >= 11 is 12.4. The summed E-state index contributed by atoms with van der Waals surface area (Å²) in [7, 11) is 0. The summed E-state index contributed by atoms with van der Waals surface area (Å²) in [4.78, 5) is 17.6. The third-order valence-corrected chi connectivity index (χ3v) is 4.23. The Kier molecular flexibility index (Phi) is 5.53. The molecule has 0 bridgehead atoms. The monoisotopic (exact) mass is 330 g/mol. The number of aromatic nitrogens is 1. The molecule has 0 radical (unpaired) electrons. The molecule has 3 N–H and O–H groups in total. The molecule has 1 aliphatic rings. The molecule has 7 heteroatoms. The van der Waals surface area contributed by atoms with Crippen LogP contribution in [0.4, 0.5) is 11.6 Å². The molecule has 1 fully saturated rings. The zero-order valence-corrected chi connectivity index (χ0v) is 13.5. The van der Waals surface area contributed by atoms with Gasteiger partial charge in [-0.05, 0) is 31.7 Å². The minimum atomic E-state index is -0.231. The van der Waals surface area contributed by atoms with Gasteiger partial charge >= 0.3 is 0 Å². The van der Waals surface area contributed by atoms with Crippen LogP contribution in [0.3, 0.4) is 0 Å². The lowest BCUT2D eigenvalue weighted by molar-refractivity contribution is -0.119. The molecule has 1 aliphatic heterocycles. The van der Waals surface area contributed by atoms with Crippen LogP contribution in [0.5, 0.6) is 0 Å². The van der Waals surface area contributed by atoms with Crippen molar-refractivity contribution in [2.75, 3.05) is 29.9 Å². The van der Waals surface area contributed by atoms with Crippen molar-refractivity contribution in [2.24, 2.45) is 11.7 Å². The first-order valence-corrected chi connectivity index (χ1v) is 7.90. The van der Waals surface area contributed by atoms with Gasteiger partial charge in [0.05, 0.1) is 10.0 Å². The standard InChI is InChI=1S/C14H20Cl2N4O/c1-2-18-13-10(15)8-11(16)14(19-13)20-5-3-9(4-6-20)7-12(17)21/h8-9H,2-7H2,1H3,(H2,17,21)(H,18,19). The molecular weight excluding hydrogens is 311 g/mol. The summed E-state index contributed by atoms with van der Waals surface area (Å²) in [5.74, 6) is 1.52. The van der Waals surface area contributed by atoms with E-state index in [9.17, 15) is 4.79 Å². The molecule has 5 nitrogen and oxygen atoms in total.